The molecule has 0 bridgehead atoms. The molecule has 1 heterocycles. The van der Waals surface area contributed by atoms with Crippen LogP contribution >= 0.6 is 0 Å². The topological polar surface area (TPSA) is 36.4 Å². The molecule has 0 aromatic heterocycles. The molecule has 3 heteroatoms. The van der Waals surface area contributed by atoms with E-state index in [0.29, 0.717) is 5.92 Å². The Hall–Kier alpha value is -1.51. The Kier molecular flexibility index (Phi) is 2.90. The number of rotatable bonds is 2. The molecule has 0 unspecified atom stereocenters. The molecule has 1 aromatic carbocycles. The van der Waals surface area contributed by atoms with Crippen LogP contribution in [-0.4, -0.2) is 19.0 Å². The zero-order valence-electron chi connectivity index (χ0n) is 9.25. The van der Waals surface area contributed by atoms with Gasteiger partial charge in [-0.2, -0.15) is 0 Å². The van der Waals surface area contributed by atoms with Gasteiger partial charge in [0.25, 0.3) is 0 Å². The third kappa shape index (κ3) is 2.49. The highest BCUT2D eigenvalue weighted by Crippen LogP contribution is 2.18. The van der Waals surface area contributed by atoms with Crippen molar-refractivity contribution in [1.82, 2.24) is 5.32 Å². The third-order valence-electron chi connectivity index (χ3n) is 2.49. The van der Waals surface area contributed by atoms with Crippen LogP contribution in [0.1, 0.15) is 25.3 Å². The first-order valence-corrected chi connectivity index (χ1v) is 5.41. The predicted molar refractivity (Wildman–Crippen MR) is 64.5 cm³/mol. The molecular formula is C12H17N3. The van der Waals surface area contributed by atoms with Gasteiger partial charge in [-0.1, -0.05) is 26.0 Å². The lowest BCUT2D eigenvalue weighted by molar-refractivity contribution is 0.867. The summed E-state index contributed by atoms with van der Waals surface area (Å²) in [5.41, 5.74) is 2.45. The average Bonchev–Trinajstić information content (AvgIpc) is 2.71. The Labute approximate surface area is 90.6 Å². The molecule has 0 aliphatic carbocycles. The average molecular weight is 203 g/mol. The highest BCUT2D eigenvalue weighted by atomic mass is 15.2. The normalized spacial score (nSPS) is 15.0. The van der Waals surface area contributed by atoms with Crippen LogP contribution in [0.3, 0.4) is 0 Å². The molecule has 0 radical (unpaired) electrons. The summed E-state index contributed by atoms with van der Waals surface area (Å²) in [4.78, 5) is 4.30. The fraction of sp³-hybridized carbons (Fsp3) is 0.417. The minimum Gasteiger partial charge on any atom is -0.354 e. The number of nitrogens with one attached hydrogen (secondary N) is 2. The second-order valence-corrected chi connectivity index (χ2v) is 4.06. The minimum absolute atomic E-state index is 0.560. The van der Waals surface area contributed by atoms with Crippen molar-refractivity contribution in [2.24, 2.45) is 4.99 Å². The summed E-state index contributed by atoms with van der Waals surface area (Å²) in [6.07, 6.45) is 0. The largest absolute Gasteiger partial charge is 0.354 e. The van der Waals surface area contributed by atoms with Crippen LogP contribution in [0.5, 0.6) is 0 Å². The Balaban J connectivity index is 2.11. The van der Waals surface area contributed by atoms with Crippen molar-refractivity contribution in [1.29, 1.82) is 0 Å². The van der Waals surface area contributed by atoms with E-state index in [0.717, 1.165) is 24.7 Å². The zero-order valence-corrected chi connectivity index (χ0v) is 9.25. The van der Waals surface area contributed by atoms with Gasteiger partial charge in [-0.05, 0) is 23.6 Å². The summed E-state index contributed by atoms with van der Waals surface area (Å²) in [6, 6.07) is 8.47. The molecule has 0 fully saturated rings. The van der Waals surface area contributed by atoms with E-state index < -0.39 is 0 Å². The minimum atomic E-state index is 0.560. The predicted octanol–water partition coefficient (Wildman–Crippen LogP) is 2.18. The number of hydrogen-bond donors (Lipinski definition) is 2. The van der Waals surface area contributed by atoms with Crippen molar-refractivity contribution in [2.75, 3.05) is 18.4 Å². The summed E-state index contributed by atoms with van der Waals surface area (Å²) >= 11 is 0. The number of guanidine groups is 1. The van der Waals surface area contributed by atoms with E-state index in [1.165, 1.54) is 5.56 Å². The van der Waals surface area contributed by atoms with Gasteiger partial charge in [0.1, 0.15) is 0 Å². The van der Waals surface area contributed by atoms with Gasteiger partial charge in [0, 0.05) is 12.2 Å². The van der Waals surface area contributed by atoms with Crippen LogP contribution in [0.2, 0.25) is 0 Å². The molecule has 0 saturated carbocycles. The summed E-state index contributed by atoms with van der Waals surface area (Å²) in [5.74, 6) is 1.45. The SMILES string of the molecule is CC(C)c1cccc(NC2=NCCN2)c1. The monoisotopic (exact) mass is 203 g/mol. The molecule has 15 heavy (non-hydrogen) atoms. The molecule has 0 atom stereocenters. The Morgan fingerprint density at radius 1 is 1.40 bits per heavy atom. The molecule has 1 aliphatic rings. The maximum atomic E-state index is 4.30. The van der Waals surface area contributed by atoms with Gasteiger partial charge in [-0.25, -0.2) is 0 Å². The molecule has 80 valence electrons. The first-order valence-electron chi connectivity index (χ1n) is 5.41. The maximum absolute atomic E-state index is 4.30. The smallest absolute Gasteiger partial charge is 0.195 e. The lowest BCUT2D eigenvalue weighted by Crippen LogP contribution is -2.26. The van der Waals surface area contributed by atoms with Gasteiger partial charge in [0.05, 0.1) is 6.54 Å². The maximum Gasteiger partial charge on any atom is 0.195 e. The van der Waals surface area contributed by atoms with E-state index >= 15 is 0 Å². The van der Waals surface area contributed by atoms with Gasteiger partial charge < -0.3 is 10.6 Å². The second kappa shape index (κ2) is 4.34. The summed E-state index contributed by atoms with van der Waals surface area (Å²) in [7, 11) is 0. The Morgan fingerprint density at radius 2 is 2.27 bits per heavy atom. The molecule has 0 spiro atoms. The number of hydrogen-bond acceptors (Lipinski definition) is 3. The second-order valence-electron chi connectivity index (χ2n) is 4.06. The molecular weight excluding hydrogens is 186 g/mol. The molecule has 1 aromatic rings. The molecule has 2 rings (SSSR count). The van der Waals surface area contributed by atoms with Crippen LogP contribution < -0.4 is 10.6 Å². The molecule has 2 N–H and O–H groups in total. The first-order chi connectivity index (χ1) is 7.25. The molecule has 3 nitrogen and oxygen atoms in total. The van der Waals surface area contributed by atoms with Crippen LogP contribution in [0, 0.1) is 0 Å². The van der Waals surface area contributed by atoms with Crippen LogP contribution in [0.25, 0.3) is 0 Å². The Morgan fingerprint density at radius 3 is 2.93 bits per heavy atom. The fourth-order valence-electron chi connectivity index (χ4n) is 1.59. The van der Waals surface area contributed by atoms with E-state index in [2.05, 4.69) is 53.7 Å². The number of benzene rings is 1. The number of anilines is 1. The van der Waals surface area contributed by atoms with Gasteiger partial charge in [-0.15, -0.1) is 0 Å². The van der Waals surface area contributed by atoms with Gasteiger partial charge in [0.15, 0.2) is 5.96 Å². The van der Waals surface area contributed by atoms with E-state index in [1.807, 2.05) is 0 Å². The van der Waals surface area contributed by atoms with E-state index in [4.69, 9.17) is 0 Å². The van der Waals surface area contributed by atoms with Crippen molar-refractivity contribution < 1.29 is 0 Å². The lowest BCUT2D eigenvalue weighted by atomic mass is 10.0. The van der Waals surface area contributed by atoms with Crippen molar-refractivity contribution in [3.63, 3.8) is 0 Å². The first kappa shape index (κ1) is 10.0. The molecule has 0 amide bonds. The van der Waals surface area contributed by atoms with Crippen molar-refractivity contribution >= 4 is 11.6 Å². The van der Waals surface area contributed by atoms with Crippen molar-refractivity contribution in [2.45, 2.75) is 19.8 Å². The third-order valence-corrected chi connectivity index (χ3v) is 2.49. The summed E-state index contributed by atoms with van der Waals surface area (Å²) < 4.78 is 0. The van der Waals surface area contributed by atoms with Crippen LogP contribution in [-0.2, 0) is 0 Å². The molecule has 1 aliphatic heterocycles. The van der Waals surface area contributed by atoms with E-state index in [1.54, 1.807) is 0 Å². The fourth-order valence-corrected chi connectivity index (χ4v) is 1.59. The van der Waals surface area contributed by atoms with Gasteiger partial charge >= 0.3 is 0 Å². The number of nitrogens with zero attached hydrogens (tertiary/aromatic N) is 1. The van der Waals surface area contributed by atoms with E-state index in [-0.39, 0.29) is 0 Å². The number of aliphatic imine (C=N–C) groups is 1. The van der Waals surface area contributed by atoms with Gasteiger partial charge in [0.2, 0.25) is 0 Å². The Bertz CT molecular complexity index is 369. The summed E-state index contributed by atoms with van der Waals surface area (Å²) in [6.45, 7) is 6.20. The van der Waals surface area contributed by atoms with Crippen molar-refractivity contribution in [3.8, 4) is 0 Å². The van der Waals surface area contributed by atoms with Crippen LogP contribution in [0.4, 0.5) is 5.69 Å². The zero-order chi connectivity index (χ0) is 10.7. The summed E-state index contributed by atoms with van der Waals surface area (Å²) in [5, 5.41) is 6.47. The quantitative estimate of drug-likeness (QED) is 0.773. The molecule has 0 saturated heterocycles. The lowest BCUT2D eigenvalue weighted by Gasteiger charge is -2.10. The van der Waals surface area contributed by atoms with Crippen LogP contribution in [0.15, 0.2) is 29.3 Å². The van der Waals surface area contributed by atoms with Gasteiger partial charge in [-0.3, -0.25) is 4.99 Å². The van der Waals surface area contributed by atoms with Crippen molar-refractivity contribution in [3.05, 3.63) is 29.8 Å². The standard InChI is InChI=1S/C12H17N3/c1-9(2)10-4-3-5-11(8-10)15-12-13-6-7-14-12/h3-5,8-9H,6-7H2,1-2H3,(H2,13,14,15). The highest BCUT2D eigenvalue weighted by molar-refractivity contribution is 5.94. The highest BCUT2D eigenvalue weighted by Gasteiger charge is 2.05. The van der Waals surface area contributed by atoms with E-state index in [9.17, 15) is 0 Å².